The fourth-order valence-corrected chi connectivity index (χ4v) is 1.39. The highest BCUT2D eigenvalue weighted by atomic mass is 17.1. The minimum Gasteiger partial charge on any atom is -0.336 e. The molecule has 0 bridgehead atoms. The van der Waals surface area contributed by atoms with Gasteiger partial charge in [-0.15, -0.1) is 0 Å². The molecule has 2 N–H and O–H groups in total. The van der Waals surface area contributed by atoms with Gasteiger partial charge in [0.15, 0.2) is 0 Å². The van der Waals surface area contributed by atoms with E-state index in [0.29, 0.717) is 5.39 Å². The van der Waals surface area contributed by atoms with Gasteiger partial charge in [-0.05, 0) is 11.5 Å². The van der Waals surface area contributed by atoms with E-state index in [4.69, 9.17) is 10.5 Å². The van der Waals surface area contributed by atoms with E-state index in [-0.39, 0.29) is 11.5 Å². The van der Waals surface area contributed by atoms with Crippen LogP contribution in [0.25, 0.3) is 10.8 Å². The highest BCUT2D eigenvalue weighted by molar-refractivity contribution is 5.90. The highest BCUT2D eigenvalue weighted by Crippen LogP contribution is 2.34. The average molecular weight is 192 g/mol. The zero-order valence-corrected chi connectivity index (χ0v) is 7.18. The van der Waals surface area contributed by atoms with Crippen LogP contribution in [-0.2, 0) is 0 Å². The second-order valence-corrected chi connectivity index (χ2v) is 2.80. The quantitative estimate of drug-likeness (QED) is 0.567. The third-order valence-electron chi connectivity index (χ3n) is 2.03. The van der Waals surface area contributed by atoms with Gasteiger partial charge < -0.3 is 9.78 Å². The fourth-order valence-electron chi connectivity index (χ4n) is 1.39. The molecule has 4 heteroatoms. The van der Waals surface area contributed by atoms with Gasteiger partial charge in [0, 0.05) is 5.39 Å². The first kappa shape index (κ1) is 8.80. The molecule has 0 aliphatic heterocycles. The molecule has 2 rings (SSSR count). The SMILES string of the molecule is OOc1ccc2ccccc2c1OO. The van der Waals surface area contributed by atoms with Crippen molar-refractivity contribution in [2.75, 3.05) is 0 Å². The van der Waals surface area contributed by atoms with Gasteiger partial charge >= 0.3 is 0 Å². The summed E-state index contributed by atoms with van der Waals surface area (Å²) in [5, 5.41) is 18.7. The van der Waals surface area contributed by atoms with Crippen LogP contribution in [-0.4, -0.2) is 10.5 Å². The minimum absolute atomic E-state index is 0.0752. The lowest BCUT2D eigenvalue weighted by molar-refractivity contribution is -0.163. The van der Waals surface area contributed by atoms with Crippen molar-refractivity contribution in [1.29, 1.82) is 0 Å². The molecule has 0 spiro atoms. The minimum atomic E-state index is 0.0752. The third kappa shape index (κ3) is 1.26. The molecule has 0 aromatic heterocycles. The number of fused-ring (bicyclic) bond motifs is 1. The maximum Gasteiger partial charge on any atom is 0.218 e. The van der Waals surface area contributed by atoms with E-state index < -0.39 is 0 Å². The summed E-state index contributed by atoms with van der Waals surface area (Å²) in [6.45, 7) is 0. The fraction of sp³-hybridized carbons (Fsp3) is 0. The van der Waals surface area contributed by atoms with Gasteiger partial charge in [0.25, 0.3) is 0 Å². The first-order valence-corrected chi connectivity index (χ1v) is 4.01. The topological polar surface area (TPSA) is 58.9 Å². The Morgan fingerprint density at radius 1 is 0.857 bits per heavy atom. The summed E-state index contributed by atoms with van der Waals surface area (Å²) in [7, 11) is 0. The Morgan fingerprint density at radius 3 is 2.36 bits per heavy atom. The van der Waals surface area contributed by atoms with Crippen molar-refractivity contribution < 1.29 is 20.3 Å². The van der Waals surface area contributed by atoms with E-state index in [1.807, 2.05) is 12.1 Å². The summed E-state index contributed by atoms with van der Waals surface area (Å²) >= 11 is 0. The van der Waals surface area contributed by atoms with Gasteiger partial charge in [-0.2, -0.15) is 0 Å². The van der Waals surface area contributed by atoms with Crippen LogP contribution in [0.5, 0.6) is 11.5 Å². The number of rotatable bonds is 2. The van der Waals surface area contributed by atoms with Crippen molar-refractivity contribution in [3.63, 3.8) is 0 Å². The maximum atomic E-state index is 8.66. The molecular formula is C10H8O4. The van der Waals surface area contributed by atoms with E-state index in [1.54, 1.807) is 18.2 Å². The van der Waals surface area contributed by atoms with E-state index in [0.717, 1.165) is 5.39 Å². The van der Waals surface area contributed by atoms with Crippen LogP contribution in [0.1, 0.15) is 0 Å². The predicted octanol–water partition coefficient (Wildman–Crippen LogP) is 2.54. The van der Waals surface area contributed by atoms with Gasteiger partial charge in [-0.1, -0.05) is 30.3 Å². The molecule has 0 saturated heterocycles. The normalized spacial score (nSPS) is 10.1. The first-order chi connectivity index (χ1) is 6.86. The molecule has 4 nitrogen and oxygen atoms in total. The van der Waals surface area contributed by atoms with Crippen molar-refractivity contribution in [1.82, 2.24) is 0 Å². The summed E-state index contributed by atoms with van der Waals surface area (Å²) in [5.41, 5.74) is 0. The summed E-state index contributed by atoms with van der Waals surface area (Å²) in [4.78, 5) is 8.22. The molecule has 0 heterocycles. The molecule has 2 aromatic rings. The lowest BCUT2D eigenvalue weighted by Crippen LogP contribution is -1.92. The Kier molecular flexibility index (Phi) is 2.22. The van der Waals surface area contributed by atoms with Crippen molar-refractivity contribution in [3.05, 3.63) is 36.4 Å². The molecule has 2 aromatic carbocycles. The third-order valence-corrected chi connectivity index (χ3v) is 2.03. The Morgan fingerprint density at radius 2 is 1.64 bits per heavy atom. The van der Waals surface area contributed by atoms with Crippen LogP contribution in [0.15, 0.2) is 36.4 Å². The van der Waals surface area contributed by atoms with E-state index in [1.165, 1.54) is 6.07 Å². The molecule has 0 radical (unpaired) electrons. The molecule has 0 aliphatic rings. The molecule has 14 heavy (non-hydrogen) atoms. The number of hydrogen-bond donors (Lipinski definition) is 2. The van der Waals surface area contributed by atoms with Gasteiger partial charge in [0.05, 0.1) is 0 Å². The van der Waals surface area contributed by atoms with E-state index in [2.05, 4.69) is 9.78 Å². The van der Waals surface area contributed by atoms with Gasteiger partial charge in [-0.25, -0.2) is 10.5 Å². The molecule has 0 amide bonds. The highest BCUT2D eigenvalue weighted by Gasteiger charge is 2.10. The van der Waals surface area contributed by atoms with Gasteiger partial charge in [-0.3, -0.25) is 0 Å². The second kappa shape index (κ2) is 3.53. The lowest BCUT2D eigenvalue weighted by atomic mass is 10.1. The second-order valence-electron chi connectivity index (χ2n) is 2.80. The Balaban J connectivity index is 2.77. The molecule has 0 unspecified atom stereocenters. The van der Waals surface area contributed by atoms with E-state index in [9.17, 15) is 0 Å². The molecule has 0 atom stereocenters. The monoisotopic (exact) mass is 192 g/mol. The van der Waals surface area contributed by atoms with Crippen LogP contribution in [0.2, 0.25) is 0 Å². The maximum absolute atomic E-state index is 8.66. The Labute approximate surface area is 79.8 Å². The van der Waals surface area contributed by atoms with Gasteiger partial charge in [0.2, 0.25) is 11.5 Å². The Bertz CT molecular complexity index is 453. The van der Waals surface area contributed by atoms with Crippen molar-refractivity contribution >= 4 is 10.8 Å². The van der Waals surface area contributed by atoms with Crippen molar-refractivity contribution in [3.8, 4) is 11.5 Å². The van der Waals surface area contributed by atoms with Crippen LogP contribution >= 0.6 is 0 Å². The van der Waals surface area contributed by atoms with Crippen molar-refractivity contribution in [2.24, 2.45) is 0 Å². The van der Waals surface area contributed by atoms with Crippen LogP contribution in [0.4, 0.5) is 0 Å². The molecular weight excluding hydrogens is 184 g/mol. The smallest absolute Gasteiger partial charge is 0.218 e. The molecule has 0 fully saturated rings. The predicted molar refractivity (Wildman–Crippen MR) is 50.5 cm³/mol. The standard InChI is InChI=1S/C10H8O4/c11-13-9-6-5-7-3-1-2-4-8(7)10(9)14-12/h1-6,11-12H. The Hall–Kier alpha value is -1.78. The summed E-state index contributed by atoms with van der Waals surface area (Å²) in [6, 6.07) is 10.5. The van der Waals surface area contributed by atoms with Crippen molar-refractivity contribution in [2.45, 2.75) is 0 Å². The van der Waals surface area contributed by atoms with Crippen LogP contribution < -0.4 is 9.78 Å². The summed E-state index contributed by atoms with van der Waals surface area (Å²) in [5.74, 6) is 0.178. The van der Waals surface area contributed by atoms with Crippen LogP contribution in [0.3, 0.4) is 0 Å². The number of hydrogen-bond acceptors (Lipinski definition) is 4. The zero-order chi connectivity index (χ0) is 9.97. The largest absolute Gasteiger partial charge is 0.336 e. The number of benzene rings is 2. The first-order valence-electron chi connectivity index (χ1n) is 4.01. The molecule has 72 valence electrons. The zero-order valence-electron chi connectivity index (χ0n) is 7.18. The lowest BCUT2D eigenvalue weighted by Gasteiger charge is -2.06. The molecule has 0 saturated carbocycles. The summed E-state index contributed by atoms with van der Waals surface area (Å²) < 4.78 is 0. The van der Waals surface area contributed by atoms with Crippen LogP contribution in [0, 0.1) is 0 Å². The average Bonchev–Trinajstić information content (AvgIpc) is 2.27. The van der Waals surface area contributed by atoms with E-state index >= 15 is 0 Å². The van der Waals surface area contributed by atoms with Gasteiger partial charge in [0.1, 0.15) is 0 Å². The summed E-state index contributed by atoms with van der Waals surface area (Å²) in [6.07, 6.45) is 0. The molecule has 0 aliphatic carbocycles.